The van der Waals surface area contributed by atoms with Gasteiger partial charge in [-0.1, -0.05) is 5.16 Å². The maximum Gasteiger partial charge on any atom is 0.471 e. The van der Waals surface area contributed by atoms with Crippen LogP contribution in [0.3, 0.4) is 0 Å². The van der Waals surface area contributed by atoms with E-state index < -0.39 is 18.1 Å². The van der Waals surface area contributed by atoms with E-state index in [1.807, 2.05) is 6.92 Å². The van der Waals surface area contributed by atoms with Gasteiger partial charge in [0.25, 0.3) is 0 Å². The van der Waals surface area contributed by atoms with E-state index in [0.29, 0.717) is 0 Å². The molecule has 0 aromatic carbocycles. The monoisotopic (exact) mass is 317 g/mol. The number of carbonyl (C=O) groups excluding carboxylic acids is 1. The van der Waals surface area contributed by atoms with Crippen molar-refractivity contribution >= 4 is 5.91 Å². The number of aromatic nitrogens is 4. The number of nitrogens with one attached hydrogen (secondary N) is 1. The van der Waals surface area contributed by atoms with E-state index in [4.69, 9.17) is 0 Å². The first-order chi connectivity index (χ1) is 10.3. The summed E-state index contributed by atoms with van der Waals surface area (Å²) >= 11 is 0. The molecule has 7 nitrogen and oxygen atoms in total. The van der Waals surface area contributed by atoms with Crippen molar-refractivity contribution < 1.29 is 22.5 Å². The molecule has 2 rings (SSSR count). The summed E-state index contributed by atoms with van der Waals surface area (Å²) in [7, 11) is 0. The molecule has 1 unspecified atom stereocenters. The molecule has 2 heterocycles. The maximum absolute atomic E-state index is 12.3. The van der Waals surface area contributed by atoms with Gasteiger partial charge in [0.1, 0.15) is 6.04 Å². The molecule has 0 aliphatic carbocycles. The fourth-order valence-electron chi connectivity index (χ4n) is 1.68. The van der Waals surface area contributed by atoms with Crippen LogP contribution in [0.2, 0.25) is 0 Å². The Morgan fingerprint density at radius 1 is 1.50 bits per heavy atom. The van der Waals surface area contributed by atoms with Gasteiger partial charge in [-0.25, -0.2) is 0 Å². The summed E-state index contributed by atoms with van der Waals surface area (Å²) in [6.07, 6.45) is -1.28. The Balaban J connectivity index is 1.83. The minimum absolute atomic E-state index is 0.0379. The molecule has 0 fully saturated rings. The highest BCUT2D eigenvalue weighted by Gasteiger charge is 2.38. The van der Waals surface area contributed by atoms with Crippen LogP contribution < -0.4 is 5.32 Å². The topological polar surface area (TPSA) is 85.8 Å². The summed E-state index contributed by atoms with van der Waals surface area (Å²) in [4.78, 5) is 15.1. The molecule has 2 aromatic rings. The van der Waals surface area contributed by atoms with Crippen LogP contribution in [0, 0.1) is 6.92 Å². The number of aryl methyl sites for hydroxylation is 1. The number of halogens is 3. The van der Waals surface area contributed by atoms with Gasteiger partial charge in [-0.3, -0.25) is 9.48 Å². The van der Waals surface area contributed by atoms with E-state index in [9.17, 15) is 18.0 Å². The third-order valence-corrected chi connectivity index (χ3v) is 2.87. The lowest BCUT2D eigenvalue weighted by Gasteiger charge is -2.11. The molecular weight excluding hydrogens is 303 g/mol. The third kappa shape index (κ3) is 3.83. The first-order valence-electron chi connectivity index (χ1n) is 6.45. The molecule has 0 saturated carbocycles. The van der Waals surface area contributed by atoms with Gasteiger partial charge in [0, 0.05) is 19.2 Å². The number of alkyl halides is 3. The predicted octanol–water partition coefficient (Wildman–Crippen LogP) is 1.51. The standard InChI is InChI=1S/C12H14F3N5O2/c1-7-5-17-20(6-7)8(2)10(21)16-4-3-9-18-11(22-19-9)12(13,14)15/h5-6,8H,3-4H2,1-2H3,(H,16,21). The summed E-state index contributed by atoms with van der Waals surface area (Å²) in [5, 5.41) is 9.82. The molecule has 22 heavy (non-hydrogen) atoms. The van der Waals surface area contributed by atoms with Gasteiger partial charge in [0.05, 0.1) is 6.20 Å². The Labute approximate surface area is 123 Å². The Morgan fingerprint density at radius 2 is 2.23 bits per heavy atom. The average Bonchev–Trinajstić information content (AvgIpc) is 3.06. The van der Waals surface area contributed by atoms with Crippen LogP contribution in [0.1, 0.15) is 30.2 Å². The molecule has 0 aliphatic rings. The molecule has 0 spiro atoms. The molecule has 0 saturated heterocycles. The molecule has 1 amide bonds. The molecule has 0 bridgehead atoms. The zero-order valence-electron chi connectivity index (χ0n) is 11.9. The van der Waals surface area contributed by atoms with Crippen LogP contribution in [-0.2, 0) is 17.4 Å². The minimum Gasteiger partial charge on any atom is -0.354 e. The summed E-state index contributed by atoms with van der Waals surface area (Å²) < 4.78 is 42.4. The van der Waals surface area contributed by atoms with E-state index >= 15 is 0 Å². The molecular formula is C12H14F3N5O2. The molecule has 1 N–H and O–H groups in total. The minimum atomic E-state index is -4.67. The van der Waals surface area contributed by atoms with E-state index in [0.717, 1.165) is 5.56 Å². The zero-order valence-corrected chi connectivity index (χ0v) is 11.9. The van der Waals surface area contributed by atoms with Gasteiger partial charge in [0.2, 0.25) is 5.91 Å². The third-order valence-electron chi connectivity index (χ3n) is 2.87. The number of nitrogens with zero attached hydrogens (tertiary/aromatic N) is 4. The van der Waals surface area contributed by atoms with Crippen LogP contribution >= 0.6 is 0 Å². The Hall–Kier alpha value is -2.39. The highest BCUT2D eigenvalue weighted by atomic mass is 19.4. The molecule has 2 aromatic heterocycles. The van der Waals surface area contributed by atoms with Gasteiger partial charge in [-0.15, -0.1) is 0 Å². The Bertz CT molecular complexity index is 649. The second-order valence-corrected chi connectivity index (χ2v) is 4.73. The van der Waals surface area contributed by atoms with Crippen LogP contribution in [-0.4, -0.2) is 32.4 Å². The first-order valence-corrected chi connectivity index (χ1v) is 6.45. The lowest BCUT2D eigenvalue weighted by molar-refractivity contribution is -0.159. The van der Waals surface area contributed by atoms with Gasteiger partial charge >= 0.3 is 12.1 Å². The number of rotatable bonds is 5. The van der Waals surface area contributed by atoms with Crippen molar-refractivity contribution in [3.63, 3.8) is 0 Å². The van der Waals surface area contributed by atoms with Crippen molar-refractivity contribution in [3.05, 3.63) is 29.7 Å². The highest BCUT2D eigenvalue weighted by molar-refractivity contribution is 5.79. The van der Waals surface area contributed by atoms with Crippen LogP contribution in [0.4, 0.5) is 13.2 Å². The van der Waals surface area contributed by atoms with Crippen LogP contribution in [0.5, 0.6) is 0 Å². The van der Waals surface area contributed by atoms with Crippen LogP contribution in [0.25, 0.3) is 0 Å². The second-order valence-electron chi connectivity index (χ2n) is 4.73. The smallest absolute Gasteiger partial charge is 0.354 e. The summed E-state index contributed by atoms with van der Waals surface area (Å²) in [5.74, 6) is -1.81. The van der Waals surface area contributed by atoms with Crippen molar-refractivity contribution in [2.24, 2.45) is 0 Å². The molecule has 0 aliphatic heterocycles. The van der Waals surface area contributed by atoms with E-state index in [1.165, 1.54) is 4.68 Å². The number of hydrogen-bond donors (Lipinski definition) is 1. The fourth-order valence-corrected chi connectivity index (χ4v) is 1.68. The fraction of sp³-hybridized carbons (Fsp3) is 0.500. The van der Waals surface area contributed by atoms with Crippen molar-refractivity contribution in [1.29, 1.82) is 0 Å². The van der Waals surface area contributed by atoms with E-state index in [2.05, 4.69) is 25.1 Å². The zero-order chi connectivity index (χ0) is 16.3. The van der Waals surface area contributed by atoms with Crippen molar-refractivity contribution in [2.45, 2.75) is 32.5 Å². The van der Waals surface area contributed by atoms with Gasteiger partial charge < -0.3 is 9.84 Å². The molecule has 0 radical (unpaired) electrons. The second kappa shape index (κ2) is 6.16. The number of carbonyl (C=O) groups is 1. The lowest BCUT2D eigenvalue weighted by atomic mass is 10.3. The maximum atomic E-state index is 12.3. The van der Waals surface area contributed by atoms with Crippen molar-refractivity contribution in [2.75, 3.05) is 6.54 Å². The van der Waals surface area contributed by atoms with Gasteiger partial charge in [-0.05, 0) is 19.4 Å². The quantitative estimate of drug-likeness (QED) is 0.903. The van der Waals surface area contributed by atoms with E-state index in [-0.39, 0.29) is 24.7 Å². The summed E-state index contributed by atoms with van der Waals surface area (Å²) in [6.45, 7) is 3.61. The van der Waals surface area contributed by atoms with Gasteiger partial charge in [0.15, 0.2) is 5.82 Å². The molecule has 120 valence electrons. The summed E-state index contributed by atoms with van der Waals surface area (Å²) in [5.41, 5.74) is 0.922. The lowest BCUT2D eigenvalue weighted by Crippen LogP contribution is -2.32. The first kappa shape index (κ1) is 16.0. The van der Waals surface area contributed by atoms with Gasteiger partial charge in [-0.2, -0.15) is 23.3 Å². The van der Waals surface area contributed by atoms with Crippen molar-refractivity contribution in [1.82, 2.24) is 25.2 Å². The van der Waals surface area contributed by atoms with E-state index in [1.54, 1.807) is 19.3 Å². The molecule has 1 atom stereocenters. The normalized spacial score (nSPS) is 13.1. The van der Waals surface area contributed by atoms with Crippen molar-refractivity contribution in [3.8, 4) is 0 Å². The largest absolute Gasteiger partial charge is 0.471 e. The SMILES string of the molecule is Cc1cnn(C(C)C(=O)NCCc2noc(C(F)(F)F)n2)c1. The number of hydrogen-bond acceptors (Lipinski definition) is 5. The average molecular weight is 317 g/mol. The molecule has 10 heteroatoms. The summed E-state index contributed by atoms with van der Waals surface area (Å²) in [6, 6.07) is -0.523. The highest BCUT2D eigenvalue weighted by Crippen LogP contribution is 2.27. The van der Waals surface area contributed by atoms with Crippen LogP contribution in [0.15, 0.2) is 16.9 Å². The predicted molar refractivity (Wildman–Crippen MR) is 67.7 cm³/mol. The Morgan fingerprint density at radius 3 is 2.77 bits per heavy atom. The number of amides is 1. The Kier molecular flexibility index (Phi) is 4.48.